The van der Waals surface area contributed by atoms with Crippen molar-refractivity contribution in [3.05, 3.63) is 57.8 Å². The Morgan fingerprint density at radius 2 is 1.83 bits per heavy atom. The topological polar surface area (TPSA) is 49.7 Å². The molecule has 0 aromatic heterocycles. The van der Waals surface area contributed by atoms with Gasteiger partial charge in [0.05, 0.1) is 16.1 Å². The number of aliphatic hydroxyl groups is 1. The van der Waals surface area contributed by atoms with Crippen LogP contribution in [0.25, 0.3) is 0 Å². The second kappa shape index (κ2) is 9.11. The molecule has 0 bridgehead atoms. The smallest absolute Gasteiger partial charge is 0.168 e. The summed E-state index contributed by atoms with van der Waals surface area (Å²) < 4.78 is 18.5. The van der Waals surface area contributed by atoms with Crippen molar-refractivity contribution in [3.63, 3.8) is 0 Å². The van der Waals surface area contributed by atoms with E-state index in [1.807, 2.05) is 12.1 Å². The van der Waals surface area contributed by atoms with E-state index in [0.29, 0.717) is 16.5 Å². The molecule has 0 heterocycles. The zero-order chi connectivity index (χ0) is 17.5. The zero-order valence-corrected chi connectivity index (χ0v) is 14.5. The average Bonchev–Trinajstić information content (AvgIpc) is 2.56. The van der Waals surface area contributed by atoms with Crippen LogP contribution in [0.2, 0.25) is 10.0 Å². The summed E-state index contributed by atoms with van der Waals surface area (Å²) in [7, 11) is 0. The van der Waals surface area contributed by atoms with Crippen molar-refractivity contribution in [1.29, 1.82) is 0 Å². The van der Waals surface area contributed by atoms with Crippen LogP contribution in [0, 0.1) is 5.82 Å². The highest BCUT2D eigenvalue weighted by Gasteiger charge is 2.08. The molecule has 0 saturated carbocycles. The van der Waals surface area contributed by atoms with Crippen molar-refractivity contribution in [2.75, 3.05) is 6.61 Å². The standard InChI is InChI=1S/C18H19Cl2FO3/c19-15-7-5-12(9-16(15)20)3-1-2-4-13(22)11-24-14-6-8-18(23)17(21)10-14/h5-10,13,22-23H,1-4,11H2. The molecule has 24 heavy (non-hydrogen) atoms. The number of unbranched alkanes of at least 4 members (excludes halogenated alkanes) is 1. The third kappa shape index (κ3) is 5.86. The minimum absolute atomic E-state index is 0.0803. The SMILES string of the molecule is Oc1ccc(OCC(O)CCCCc2ccc(Cl)c(Cl)c2)cc1F. The normalized spacial score (nSPS) is 12.2. The molecule has 0 aliphatic rings. The third-order valence-corrected chi connectivity index (χ3v) is 4.34. The molecule has 0 spiro atoms. The Morgan fingerprint density at radius 1 is 1.04 bits per heavy atom. The summed E-state index contributed by atoms with van der Waals surface area (Å²) in [6.45, 7) is 0.0803. The van der Waals surface area contributed by atoms with Gasteiger partial charge in [-0.1, -0.05) is 35.7 Å². The van der Waals surface area contributed by atoms with Crippen molar-refractivity contribution in [2.45, 2.75) is 31.8 Å². The summed E-state index contributed by atoms with van der Waals surface area (Å²) in [6, 6.07) is 9.32. The molecule has 2 aromatic carbocycles. The lowest BCUT2D eigenvalue weighted by molar-refractivity contribution is 0.0974. The molecule has 2 N–H and O–H groups in total. The Kier molecular flexibility index (Phi) is 7.16. The van der Waals surface area contributed by atoms with Crippen molar-refractivity contribution >= 4 is 23.2 Å². The first kappa shape index (κ1) is 18.8. The zero-order valence-electron chi connectivity index (χ0n) is 13.0. The van der Waals surface area contributed by atoms with Crippen LogP contribution in [-0.4, -0.2) is 22.9 Å². The number of hydrogen-bond acceptors (Lipinski definition) is 3. The van der Waals surface area contributed by atoms with E-state index >= 15 is 0 Å². The summed E-state index contributed by atoms with van der Waals surface area (Å²) >= 11 is 11.8. The van der Waals surface area contributed by atoms with Gasteiger partial charge in [0.2, 0.25) is 0 Å². The van der Waals surface area contributed by atoms with E-state index in [1.54, 1.807) is 6.07 Å². The maximum Gasteiger partial charge on any atom is 0.168 e. The van der Waals surface area contributed by atoms with E-state index in [9.17, 15) is 9.50 Å². The highest BCUT2D eigenvalue weighted by Crippen LogP contribution is 2.24. The van der Waals surface area contributed by atoms with Crippen LogP contribution in [0.15, 0.2) is 36.4 Å². The molecule has 0 amide bonds. The van der Waals surface area contributed by atoms with Gasteiger partial charge in [-0.25, -0.2) is 4.39 Å². The summed E-state index contributed by atoms with van der Waals surface area (Å²) in [4.78, 5) is 0. The highest BCUT2D eigenvalue weighted by molar-refractivity contribution is 6.42. The quantitative estimate of drug-likeness (QED) is 0.641. The predicted octanol–water partition coefficient (Wildman–Crippen LogP) is 4.99. The van der Waals surface area contributed by atoms with Crippen molar-refractivity contribution in [2.24, 2.45) is 0 Å². The maximum atomic E-state index is 13.2. The number of aryl methyl sites for hydroxylation is 1. The third-order valence-electron chi connectivity index (χ3n) is 3.60. The van der Waals surface area contributed by atoms with Gasteiger partial charge in [0.1, 0.15) is 12.4 Å². The lowest BCUT2D eigenvalue weighted by Crippen LogP contribution is -2.17. The van der Waals surface area contributed by atoms with E-state index in [1.165, 1.54) is 12.1 Å². The van der Waals surface area contributed by atoms with Crippen LogP contribution in [0.5, 0.6) is 11.5 Å². The monoisotopic (exact) mass is 372 g/mol. The molecule has 0 saturated heterocycles. The molecule has 0 fully saturated rings. The Hall–Kier alpha value is -1.49. The fourth-order valence-electron chi connectivity index (χ4n) is 2.26. The number of aromatic hydroxyl groups is 1. The summed E-state index contributed by atoms with van der Waals surface area (Å²) in [5.74, 6) is -0.894. The second-order valence-corrected chi connectivity index (χ2v) is 6.39. The largest absolute Gasteiger partial charge is 0.505 e. The van der Waals surface area contributed by atoms with E-state index in [2.05, 4.69) is 0 Å². The van der Waals surface area contributed by atoms with E-state index in [-0.39, 0.29) is 12.4 Å². The number of halogens is 3. The Bertz CT molecular complexity index is 679. The molecule has 3 nitrogen and oxygen atoms in total. The molecule has 2 aromatic rings. The van der Waals surface area contributed by atoms with Gasteiger partial charge in [0, 0.05) is 6.07 Å². The molecule has 0 aliphatic heterocycles. The van der Waals surface area contributed by atoms with Crippen LogP contribution >= 0.6 is 23.2 Å². The van der Waals surface area contributed by atoms with Gasteiger partial charge in [-0.2, -0.15) is 0 Å². The van der Waals surface area contributed by atoms with E-state index < -0.39 is 17.7 Å². The van der Waals surface area contributed by atoms with E-state index in [0.717, 1.165) is 30.9 Å². The minimum Gasteiger partial charge on any atom is -0.505 e. The predicted molar refractivity (Wildman–Crippen MR) is 93.6 cm³/mol. The Balaban J connectivity index is 1.66. The van der Waals surface area contributed by atoms with Crippen LogP contribution < -0.4 is 4.74 Å². The lowest BCUT2D eigenvalue weighted by atomic mass is 10.1. The molecule has 130 valence electrons. The van der Waals surface area contributed by atoms with Crippen LogP contribution in [0.4, 0.5) is 4.39 Å². The fraction of sp³-hybridized carbons (Fsp3) is 0.333. The van der Waals surface area contributed by atoms with Crippen molar-refractivity contribution in [1.82, 2.24) is 0 Å². The van der Waals surface area contributed by atoms with E-state index in [4.69, 9.17) is 33.0 Å². The molecular formula is C18H19Cl2FO3. The number of rotatable bonds is 8. The Morgan fingerprint density at radius 3 is 2.54 bits per heavy atom. The number of phenolic OH excluding ortho intramolecular Hbond substituents is 1. The van der Waals surface area contributed by atoms with Gasteiger partial charge in [-0.15, -0.1) is 0 Å². The first-order valence-electron chi connectivity index (χ1n) is 7.69. The van der Waals surface area contributed by atoms with Crippen molar-refractivity contribution < 1.29 is 19.3 Å². The van der Waals surface area contributed by atoms with Gasteiger partial charge < -0.3 is 14.9 Å². The molecule has 0 radical (unpaired) electrons. The first-order valence-corrected chi connectivity index (χ1v) is 8.44. The van der Waals surface area contributed by atoms with Crippen LogP contribution in [0.3, 0.4) is 0 Å². The van der Waals surface area contributed by atoms with Crippen molar-refractivity contribution in [3.8, 4) is 11.5 Å². The maximum absolute atomic E-state index is 13.2. The minimum atomic E-state index is -0.747. The highest BCUT2D eigenvalue weighted by atomic mass is 35.5. The summed E-state index contributed by atoms with van der Waals surface area (Å²) in [5, 5.41) is 20.1. The molecular weight excluding hydrogens is 354 g/mol. The molecule has 2 rings (SSSR count). The molecule has 1 unspecified atom stereocenters. The fourth-order valence-corrected chi connectivity index (χ4v) is 2.58. The molecule has 6 heteroatoms. The van der Waals surface area contributed by atoms with Gasteiger partial charge in [0.25, 0.3) is 0 Å². The number of hydrogen-bond donors (Lipinski definition) is 2. The number of aliphatic hydroxyl groups excluding tert-OH is 1. The van der Waals surface area contributed by atoms with Gasteiger partial charge in [-0.05, 0) is 49.1 Å². The Labute approximate surface area is 150 Å². The summed E-state index contributed by atoms with van der Waals surface area (Å²) in [5.41, 5.74) is 1.11. The van der Waals surface area contributed by atoms with Gasteiger partial charge >= 0.3 is 0 Å². The van der Waals surface area contributed by atoms with Crippen LogP contribution in [0.1, 0.15) is 24.8 Å². The molecule has 0 aliphatic carbocycles. The number of benzene rings is 2. The van der Waals surface area contributed by atoms with Crippen LogP contribution in [-0.2, 0) is 6.42 Å². The average molecular weight is 373 g/mol. The first-order chi connectivity index (χ1) is 11.5. The van der Waals surface area contributed by atoms with Gasteiger partial charge in [0.15, 0.2) is 11.6 Å². The van der Waals surface area contributed by atoms with Gasteiger partial charge in [-0.3, -0.25) is 0 Å². The number of ether oxygens (including phenoxy) is 1. The second-order valence-electron chi connectivity index (χ2n) is 5.57. The lowest BCUT2D eigenvalue weighted by Gasteiger charge is -2.12. The number of phenols is 1. The summed E-state index contributed by atoms with van der Waals surface area (Å²) in [6.07, 6.45) is 2.54. The molecule has 1 atom stereocenters.